The number of carbonyl (C=O) groups excluding carboxylic acids is 3. The van der Waals surface area contributed by atoms with Gasteiger partial charge in [-0.2, -0.15) is 0 Å². The maximum Gasteiger partial charge on any atom is 0.238 e. The van der Waals surface area contributed by atoms with E-state index in [2.05, 4.69) is 10.6 Å². The summed E-state index contributed by atoms with van der Waals surface area (Å²) in [4.78, 5) is 38.1. The molecule has 0 heterocycles. The molecule has 0 bridgehead atoms. The van der Waals surface area contributed by atoms with Gasteiger partial charge in [-0.25, -0.2) is 0 Å². The number of amides is 2. The van der Waals surface area contributed by atoms with E-state index in [1.165, 1.54) is 6.92 Å². The summed E-state index contributed by atoms with van der Waals surface area (Å²) in [5.74, 6) is -0.647. The second-order valence-corrected chi connectivity index (χ2v) is 6.90. The third kappa shape index (κ3) is 6.18. The van der Waals surface area contributed by atoms with Crippen LogP contribution in [0.1, 0.15) is 29.8 Å². The Morgan fingerprint density at radius 3 is 2.18 bits per heavy atom. The number of ketones is 1. The molecule has 2 amide bonds. The van der Waals surface area contributed by atoms with Crippen LogP contribution in [0.3, 0.4) is 0 Å². The van der Waals surface area contributed by atoms with Crippen molar-refractivity contribution < 1.29 is 14.4 Å². The Balaban J connectivity index is 1.96. The minimum Gasteiger partial charge on any atom is -0.325 e. The summed E-state index contributed by atoms with van der Waals surface area (Å²) in [6, 6.07) is 12.1. The Morgan fingerprint density at radius 2 is 1.57 bits per heavy atom. The molecule has 28 heavy (non-hydrogen) atoms. The van der Waals surface area contributed by atoms with Crippen LogP contribution in [0.5, 0.6) is 0 Å². The summed E-state index contributed by atoms with van der Waals surface area (Å²) < 4.78 is 0. The maximum atomic E-state index is 12.4. The first-order valence-corrected chi connectivity index (χ1v) is 9.36. The largest absolute Gasteiger partial charge is 0.325 e. The fraction of sp³-hybridized carbons (Fsp3) is 0.286. The minimum absolute atomic E-state index is 0.0324. The third-order valence-corrected chi connectivity index (χ3v) is 4.47. The van der Waals surface area contributed by atoms with E-state index < -0.39 is 0 Å². The number of likely N-dealkylation sites (N-methyl/N-ethyl adjacent to an activating group) is 1. The number of anilines is 2. The molecule has 0 aliphatic rings. The first-order chi connectivity index (χ1) is 13.3. The van der Waals surface area contributed by atoms with Crippen LogP contribution in [0.4, 0.5) is 11.4 Å². The molecule has 0 aromatic heterocycles. The number of nitrogens with one attached hydrogen (secondary N) is 2. The standard InChI is InChI=1S/C21H24ClN3O3/c1-4-25(13-21(28)24-19-11-16(22)10-9-14(19)2)12-20(27)23-18-8-6-5-7-17(18)15(3)26/h5-11H,4,12-13H2,1-3H3,(H,23,27)(H,24,28). The number of nitrogens with zero attached hydrogens (tertiary/aromatic N) is 1. The van der Waals surface area contributed by atoms with Gasteiger partial charge in [0.15, 0.2) is 5.78 Å². The molecule has 2 N–H and O–H groups in total. The summed E-state index contributed by atoms with van der Waals surface area (Å²) in [5, 5.41) is 6.11. The van der Waals surface area contributed by atoms with Crippen LogP contribution >= 0.6 is 11.6 Å². The highest BCUT2D eigenvalue weighted by atomic mass is 35.5. The number of aryl methyl sites for hydroxylation is 1. The van der Waals surface area contributed by atoms with Gasteiger partial charge in [0.1, 0.15) is 0 Å². The summed E-state index contributed by atoms with van der Waals surface area (Å²) in [6.45, 7) is 5.81. The van der Waals surface area contributed by atoms with Gasteiger partial charge in [0.25, 0.3) is 0 Å². The Hall–Kier alpha value is -2.70. The van der Waals surface area contributed by atoms with E-state index in [9.17, 15) is 14.4 Å². The molecule has 2 rings (SSSR count). The van der Waals surface area contributed by atoms with E-state index >= 15 is 0 Å². The van der Waals surface area contributed by atoms with Crippen molar-refractivity contribution in [2.24, 2.45) is 0 Å². The summed E-state index contributed by atoms with van der Waals surface area (Å²) in [6.07, 6.45) is 0. The molecule has 2 aromatic carbocycles. The number of rotatable bonds is 8. The van der Waals surface area contributed by atoms with Crippen LogP contribution in [-0.2, 0) is 9.59 Å². The molecular formula is C21H24ClN3O3. The van der Waals surface area contributed by atoms with E-state index in [0.717, 1.165) is 5.56 Å². The first-order valence-electron chi connectivity index (χ1n) is 8.98. The van der Waals surface area contributed by atoms with Gasteiger partial charge in [-0.15, -0.1) is 0 Å². The topological polar surface area (TPSA) is 78.5 Å². The molecule has 7 heteroatoms. The van der Waals surface area contributed by atoms with Crippen molar-refractivity contribution in [3.05, 3.63) is 58.6 Å². The van der Waals surface area contributed by atoms with Gasteiger partial charge in [-0.1, -0.05) is 36.7 Å². The van der Waals surface area contributed by atoms with Crippen molar-refractivity contribution in [1.29, 1.82) is 0 Å². The van der Waals surface area contributed by atoms with E-state index in [1.807, 2.05) is 19.9 Å². The molecule has 0 saturated carbocycles. The average Bonchev–Trinajstić information content (AvgIpc) is 2.64. The van der Waals surface area contributed by atoms with E-state index in [4.69, 9.17) is 11.6 Å². The molecule has 0 saturated heterocycles. The zero-order chi connectivity index (χ0) is 20.7. The van der Waals surface area contributed by atoms with Gasteiger partial charge in [0.05, 0.1) is 18.8 Å². The molecule has 0 aliphatic heterocycles. The summed E-state index contributed by atoms with van der Waals surface area (Å²) in [5.41, 5.74) is 2.47. The Labute approximate surface area is 169 Å². The molecule has 0 atom stereocenters. The number of Topliss-reactive ketones (excluding diaryl/α,β-unsaturated/α-hetero) is 1. The van der Waals surface area contributed by atoms with Crippen molar-refractivity contribution >= 4 is 40.6 Å². The van der Waals surface area contributed by atoms with Gasteiger partial charge in [0, 0.05) is 16.3 Å². The van der Waals surface area contributed by atoms with Crippen LogP contribution < -0.4 is 10.6 Å². The summed E-state index contributed by atoms with van der Waals surface area (Å²) in [7, 11) is 0. The van der Waals surface area contributed by atoms with Crippen molar-refractivity contribution in [2.75, 3.05) is 30.3 Å². The maximum absolute atomic E-state index is 12.4. The van der Waals surface area contributed by atoms with E-state index in [-0.39, 0.29) is 30.7 Å². The highest BCUT2D eigenvalue weighted by molar-refractivity contribution is 6.31. The lowest BCUT2D eigenvalue weighted by molar-refractivity contribution is -0.119. The highest BCUT2D eigenvalue weighted by Gasteiger charge is 2.16. The van der Waals surface area contributed by atoms with Crippen LogP contribution in [0.15, 0.2) is 42.5 Å². The first kappa shape index (κ1) is 21.6. The Kier molecular flexibility index (Phi) is 7.72. The van der Waals surface area contributed by atoms with Crippen molar-refractivity contribution in [3.63, 3.8) is 0 Å². The fourth-order valence-electron chi connectivity index (χ4n) is 2.69. The Morgan fingerprint density at radius 1 is 0.964 bits per heavy atom. The quantitative estimate of drug-likeness (QED) is 0.660. The predicted molar refractivity (Wildman–Crippen MR) is 112 cm³/mol. The zero-order valence-corrected chi connectivity index (χ0v) is 17.0. The minimum atomic E-state index is -0.290. The van der Waals surface area contributed by atoms with Crippen LogP contribution in [0, 0.1) is 6.92 Å². The molecule has 0 fully saturated rings. The number of para-hydroxylation sites is 1. The van der Waals surface area contributed by atoms with Crippen LogP contribution in [0.2, 0.25) is 5.02 Å². The van der Waals surface area contributed by atoms with Gasteiger partial charge in [0.2, 0.25) is 11.8 Å². The number of halogens is 1. The zero-order valence-electron chi connectivity index (χ0n) is 16.2. The normalized spacial score (nSPS) is 10.6. The monoisotopic (exact) mass is 401 g/mol. The number of carbonyl (C=O) groups is 3. The lowest BCUT2D eigenvalue weighted by atomic mass is 10.1. The molecule has 0 aliphatic carbocycles. The lowest BCUT2D eigenvalue weighted by Crippen LogP contribution is -2.38. The van der Waals surface area contributed by atoms with E-state index in [1.54, 1.807) is 41.3 Å². The van der Waals surface area contributed by atoms with Gasteiger partial charge in [-0.3, -0.25) is 19.3 Å². The summed E-state index contributed by atoms with van der Waals surface area (Å²) >= 11 is 5.98. The second kappa shape index (κ2) is 10.0. The van der Waals surface area contributed by atoms with Gasteiger partial charge in [-0.05, 0) is 50.2 Å². The number of hydrogen-bond acceptors (Lipinski definition) is 4. The lowest BCUT2D eigenvalue weighted by Gasteiger charge is -2.20. The van der Waals surface area contributed by atoms with Gasteiger partial charge >= 0.3 is 0 Å². The van der Waals surface area contributed by atoms with E-state index in [0.29, 0.717) is 28.5 Å². The SMILES string of the molecule is CCN(CC(=O)Nc1cc(Cl)ccc1C)CC(=O)Nc1ccccc1C(C)=O. The molecule has 6 nitrogen and oxygen atoms in total. The fourth-order valence-corrected chi connectivity index (χ4v) is 2.87. The number of benzene rings is 2. The molecule has 0 radical (unpaired) electrons. The van der Waals surface area contributed by atoms with Crippen molar-refractivity contribution in [3.8, 4) is 0 Å². The highest BCUT2D eigenvalue weighted by Crippen LogP contribution is 2.20. The molecule has 148 valence electrons. The van der Waals surface area contributed by atoms with Crippen molar-refractivity contribution in [1.82, 2.24) is 4.90 Å². The smallest absolute Gasteiger partial charge is 0.238 e. The predicted octanol–water partition coefficient (Wildman–Crippen LogP) is 3.75. The molecule has 0 unspecified atom stereocenters. The molecule has 0 spiro atoms. The molecule has 2 aromatic rings. The average molecular weight is 402 g/mol. The Bertz CT molecular complexity index is 883. The van der Waals surface area contributed by atoms with Crippen molar-refractivity contribution in [2.45, 2.75) is 20.8 Å². The number of hydrogen-bond donors (Lipinski definition) is 2. The van der Waals surface area contributed by atoms with Crippen LogP contribution in [0.25, 0.3) is 0 Å². The third-order valence-electron chi connectivity index (χ3n) is 4.24. The molecular weight excluding hydrogens is 378 g/mol. The van der Waals surface area contributed by atoms with Gasteiger partial charge < -0.3 is 10.6 Å². The van der Waals surface area contributed by atoms with Crippen LogP contribution in [-0.4, -0.2) is 42.1 Å². The second-order valence-electron chi connectivity index (χ2n) is 6.46.